The molecule has 3 rings (SSSR count). The van der Waals surface area contributed by atoms with Crippen LogP contribution in [0, 0.1) is 0 Å². The molecule has 1 aliphatic heterocycles. The molecule has 2 amide bonds. The van der Waals surface area contributed by atoms with Crippen LogP contribution in [0.3, 0.4) is 0 Å². The monoisotopic (exact) mass is 357 g/mol. The van der Waals surface area contributed by atoms with Gasteiger partial charge in [-0.25, -0.2) is 4.90 Å². The number of amides is 2. The van der Waals surface area contributed by atoms with E-state index >= 15 is 0 Å². The summed E-state index contributed by atoms with van der Waals surface area (Å²) in [4.78, 5) is 36.5. The molecule has 0 radical (unpaired) electrons. The molecule has 2 aromatic rings. The molecule has 0 aliphatic carbocycles. The molecular weight excluding hydrogens is 344 g/mol. The van der Waals surface area contributed by atoms with Crippen LogP contribution >= 0.6 is 11.6 Å². The molecule has 25 heavy (non-hydrogen) atoms. The van der Waals surface area contributed by atoms with Gasteiger partial charge in [-0.05, 0) is 29.8 Å². The highest BCUT2D eigenvalue weighted by Crippen LogP contribution is 2.30. The van der Waals surface area contributed by atoms with Gasteiger partial charge in [0.1, 0.15) is 6.04 Å². The summed E-state index contributed by atoms with van der Waals surface area (Å²) < 4.78 is 0. The Morgan fingerprint density at radius 1 is 1.16 bits per heavy atom. The van der Waals surface area contributed by atoms with Crippen LogP contribution in [0.1, 0.15) is 12.0 Å². The van der Waals surface area contributed by atoms with Crippen molar-refractivity contribution in [2.75, 3.05) is 10.2 Å². The smallest absolute Gasteiger partial charge is 0.256 e. The number of halogens is 1. The molecule has 0 bridgehead atoms. The van der Waals surface area contributed by atoms with Crippen molar-refractivity contribution in [1.82, 2.24) is 0 Å². The molecule has 128 valence electrons. The zero-order chi connectivity index (χ0) is 18.0. The minimum atomic E-state index is -1.16. The zero-order valence-electron chi connectivity index (χ0n) is 13.1. The predicted molar refractivity (Wildman–Crippen MR) is 91.1 cm³/mol. The fourth-order valence-corrected chi connectivity index (χ4v) is 2.94. The Hall–Kier alpha value is -2.86. The summed E-state index contributed by atoms with van der Waals surface area (Å²) in [6, 6.07) is 12.6. The van der Waals surface area contributed by atoms with Gasteiger partial charge in [-0.3, -0.25) is 9.59 Å². The first-order valence-electron chi connectivity index (χ1n) is 7.62. The Kier molecular flexibility index (Phi) is 4.72. The van der Waals surface area contributed by atoms with Gasteiger partial charge < -0.3 is 15.2 Å². The van der Waals surface area contributed by atoms with Crippen LogP contribution in [0.15, 0.2) is 48.5 Å². The maximum Gasteiger partial charge on any atom is 0.256 e. The summed E-state index contributed by atoms with van der Waals surface area (Å²) in [5.41, 5.74) is 1.58. The fourth-order valence-electron chi connectivity index (χ4n) is 2.72. The molecule has 1 saturated heterocycles. The van der Waals surface area contributed by atoms with Crippen molar-refractivity contribution in [1.29, 1.82) is 0 Å². The summed E-state index contributed by atoms with van der Waals surface area (Å²) in [5, 5.41) is 13.9. The first kappa shape index (κ1) is 17.0. The molecule has 6 nitrogen and oxygen atoms in total. The molecule has 1 atom stereocenters. The van der Waals surface area contributed by atoms with Crippen molar-refractivity contribution >= 4 is 40.8 Å². The lowest BCUT2D eigenvalue weighted by Crippen LogP contribution is -2.35. The second-order valence-corrected chi connectivity index (χ2v) is 6.07. The van der Waals surface area contributed by atoms with Crippen molar-refractivity contribution in [2.45, 2.75) is 18.9 Å². The summed E-state index contributed by atoms with van der Waals surface area (Å²) in [6.45, 7) is 0. The van der Waals surface area contributed by atoms with Crippen LogP contribution in [-0.4, -0.2) is 23.8 Å². The molecule has 0 saturated carbocycles. The third-order valence-corrected chi connectivity index (χ3v) is 4.20. The Bertz CT molecular complexity index is 835. The lowest BCUT2D eigenvalue weighted by Gasteiger charge is -2.17. The third-order valence-electron chi connectivity index (χ3n) is 3.88. The average Bonchev–Trinajstić information content (AvgIpc) is 2.83. The minimum Gasteiger partial charge on any atom is -0.550 e. The van der Waals surface area contributed by atoms with E-state index in [4.69, 9.17) is 11.6 Å². The van der Waals surface area contributed by atoms with Gasteiger partial charge in [0.15, 0.2) is 0 Å². The van der Waals surface area contributed by atoms with Gasteiger partial charge >= 0.3 is 0 Å². The van der Waals surface area contributed by atoms with Crippen molar-refractivity contribution in [2.24, 2.45) is 0 Å². The van der Waals surface area contributed by atoms with E-state index in [-0.39, 0.29) is 24.7 Å². The van der Waals surface area contributed by atoms with Crippen molar-refractivity contribution in [3.05, 3.63) is 59.1 Å². The van der Waals surface area contributed by atoms with Crippen LogP contribution in [0.2, 0.25) is 5.02 Å². The summed E-state index contributed by atoms with van der Waals surface area (Å²) >= 11 is 6.08. The van der Waals surface area contributed by atoms with Gasteiger partial charge in [-0.15, -0.1) is 0 Å². The number of nitrogens with one attached hydrogen (secondary N) is 1. The van der Waals surface area contributed by atoms with Crippen LogP contribution in [-0.2, 0) is 20.8 Å². The Morgan fingerprint density at radius 3 is 2.48 bits per heavy atom. The molecule has 1 fully saturated rings. The van der Waals surface area contributed by atoms with Gasteiger partial charge in [0.25, 0.3) is 5.91 Å². The Labute approximate surface area is 149 Å². The predicted octanol–water partition coefficient (Wildman–Crippen LogP) is 1.38. The molecular formula is C18H14ClN2O4-. The number of imide groups is 1. The van der Waals surface area contributed by atoms with E-state index in [2.05, 4.69) is 5.32 Å². The first-order valence-corrected chi connectivity index (χ1v) is 8.00. The molecule has 2 aromatic carbocycles. The second kappa shape index (κ2) is 6.94. The van der Waals surface area contributed by atoms with Crippen molar-refractivity contribution < 1.29 is 19.5 Å². The molecule has 1 heterocycles. The lowest BCUT2D eigenvalue weighted by molar-refractivity contribution is -0.304. The van der Waals surface area contributed by atoms with E-state index < -0.39 is 12.0 Å². The van der Waals surface area contributed by atoms with Gasteiger partial charge in [-0.2, -0.15) is 0 Å². The van der Waals surface area contributed by atoms with E-state index in [1.807, 2.05) is 0 Å². The van der Waals surface area contributed by atoms with E-state index in [9.17, 15) is 19.5 Å². The standard InChI is InChI=1S/C18H15ClN2O4/c19-13-3-1-2-4-15(13)21-16(22)10-14(18(21)25)20-12-7-5-11(6-8-12)9-17(23)24/h1-8,14,20H,9-10H2,(H,23,24)/p-1/t14-/m1/s1. The Balaban J connectivity index is 1.74. The third kappa shape index (κ3) is 3.64. The number of hydrogen-bond donors (Lipinski definition) is 1. The van der Waals surface area contributed by atoms with E-state index in [1.54, 1.807) is 48.5 Å². The van der Waals surface area contributed by atoms with Crippen LogP contribution in [0.4, 0.5) is 11.4 Å². The minimum absolute atomic E-state index is 0.0187. The molecule has 0 spiro atoms. The number of nitrogens with zero attached hydrogens (tertiary/aromatic N) is 1. The average molecular weight is 358 g/mol. The molecule has 0 aromatic heterocycles. The number of carbonyl (C=O) groups is 3. The lowest BCUT2D eigenvalue weighted by atomic mass is 10.1. The molecule has 0 unspecified atom stereocenters. The van der Waals surface area contributed by atoms with Gasteiger partial charge in [0.05, 0.1) is 17.1 Å². The summed E-state index contributed by atoms with van der Waals surface area (Å²) in [5.74, 6) is -1.87. The zero-order valence-corrected chi connectivity index (χ0v) is 13.8. The largest absolute Gasteiger partial charge is 0.550 e. The van der Waals surface area contributed by atoms with Gasteiger partial charge in [-0.1, -0.05) is 35.9 Å². The summed E-state index contributed by atoms with van der Waals surface area (Å²) in [6.07, 6.45) is -0.160. The quantitative estimate of drug-likeness (QED) is 0.816. The van der Waals surface area contributed by atoms with E-state index in [0.29, 0.717) is 22.0 Å². The highest BCUT2D eigenvalue weighted by atomic mass is 35.5. The summed E-state index contributed by atoms with van der Waals surface area (Å²) in [7, 11) is 0. The number of benzene rings is 2. The van der Waals surface area contributed by atoms with Crippen molar-refractivity contribution in [3.63, 3.8) is 0 Å². The fraction of sp³-hybridized carbons (Fsp3) is 0.167. The molecule has 1 N–H and O–H groups in total. The first-order chi connectivity index (χ1) is 12.0. The maximum atomic E-state index is 12.6. The van der Waals surface area contributed by atoms with E-state index in [1.165, 1.54) is 0 Å². The second-order valence-electron chi connectivity index (χ2n) is 5.67. The van der Waals surface area contributed by atoms with Crippen LogP contribution < -0.4 is 15.3 Å². The number of rotatable bonds is 5. The number of carboxylic acids is 1. The highest BCUT2D eigenvalue weighted by molar-refractivity contribution is 6.36. The topological polar surface area (TPSA) is 89.5 Å². The Morgan fingerprint density at radius 2 is 1.84 bits per heavy atom. The van der Waals surface area contributed by atoms with Crippen molar-refractivity contribution in [3.8, 4) is 0 Å². The number of hydrogen-bond acceptors (Lipinski definition) is 5. The molecule has 7 heteroatoms. The number of carboxylic acid groups (broad SMARTS) is 1. The normalized spacial score (nSPS) is 17.0. The van der Waals surface area contributed by atoms with Gasteiger partial charge in [0.2, 0.25) is 5.91 Å². The number of aliphatic carboxylic acids is 1. The maximum absolute atomic E-state index is 12.6. The number of para-hydroxylation sites is 1. The van der Waals surface area contributed by atoms with E-state index in [0.717, 1.165) is 4.90 Å². The van der Waals surface area contributed by atoms with Crippen LogP contribution in [0.25, 0.3) is 0 Å². The van der Waals surface area contributed by atoms with Gasteiger partial charge in [0, 0.05) is 18.1 Å². The number of carbonyl (C=O) groups excluding carboxylic acids is 3. The molecule has 1 aliphatic rings. The highest BCUT2D eigenvalue weighted by Gasteiger charge is 2.40. The SMILES string of the molecule is O=C([O-])Cc1ccc(N[C@@H]2CC(=O)N(c3ccccc3Cl)C2=O)cc1. The number of anilines is 2. The van der Waals surface area contributed by atoms with Crippen LogP contribution in [0.5, 0.6) is 0 Å².